The van der Waals surface area contributed by atoms with Gasteiger partial charge in [-0.1, -0.05) is 42.8 Å². The maximum absolute atomic E-state index is 10.5. The number of rotatable bonds is 4. The van der Waals surface area contributed by atoms with E-state index < -0.39 is 0 Å². The van der Waals surface area contributed by atoms with Gasteiger partial charge in [-0.15, -0.1) is 0 Å². The fourth-order valence-electron chi connectivity index (χ4n) is 1.77. The lowest BCUT2D eigenvalue weighted by Gasteiger charge is -2.17. The highest BCUT2D eigenvalue weighted by atomic mass is 79.9. The average molecular weight is 269 g/mol. The molecule has 0 aliphatic rings. The first-order valence-electron chi connectivity index (χ1n) is 5.29. The summed E-state index contributed by atoms with van der Waals surface area (Å²) in [4.78, 5) is 10.5. The molecule has 2 heteroatoms. The standard InChI is InChI=1S/C13H17BrO/c1-9(2)12-5-4-11(14)8-13(12)10(3)6-7-15/h4-5,7-10H,6H2,1-3H3. The number of hydrogen-bond donors (Lipinski definition) is 0. The van der Waals surface area contributed by atoms with Crippen molar-refractivity contribution in [1.82, 2.24) is 0 Å². The lowest BCUT2D eigenvalue weighted by atomic mass is 9.88. The third-order valence-electron chi connectivity index (χ3n) is 2.65. The molecule has 1 rings (SSSR count). The van der Waals surface area contributed by atoms with Crippen molar-refractivity contribution in [3.8, 4) is 0 Å². The van der Waals surface area contributed by atoms with Crippen LogP contribution < -0.4 is 0 Å². The molecule has 15 heavy (non-hydrogen) atoms. The molecule has 0 fully saturated rings. The summed E-state index contributed by atoms with van der Waals surface area (Å²) in [5, 5.41) is 0. The molecular weight excluding hydrogens is 252 g/mol. The SMILES string of the molecule is CC(C)c1ccc(Br)cc1C(C)CC=O. The quantitative estimate of drug-likeness (QED) is 0.746. The van der Waals surface area contributed by atoms with Gasteiger partial charge in [-0.3, -0.25) is 0 Å². The van der Waals surface area contributed by atoms with Crippen LogP contribution in [0.25, 0.3) is 0 Å². The van der Waals surface area contributed by atoms with Crippen LogP contribution in [0.1, 0.15) is 50.2 Å². The predicted molar refractivity (Wildman–Crippen MR) is 67.3 cm³/mol. The van der Waals surface area contributed by atoms with Crippen LogP contribution in [0.4, 0.5) is 0 Å². The van der Waals surface area contributed by atoms with Crippen LogP contribution in [-0.4, -0.2) is 6.29 Å². The minimum absolute atomic E-state index is 0.303. The number of hydrogen-bond acceptors (Lipinski definition) is 1. The summed E-state index contributed by atoms with van der Waals surface area (Å²) in [5.41, 5.74) is 2.62. The van der Waals surface area contributed by atoms with Gasteiger partial charge >= 0.3 is 0 Å². The van der Waals surface area contributed by atoms with Crippen LogP contribution >= 0.6 is 15.9 Å². The summed E-state index contributed by atoms with van der Waals surface area (Å²) in [6.07, 6.45) is 1.59. The van der Waals surface area contributed by atoms with Gasteiger partial charge in [0.1, 0.15) is 6.29 Å². The topological polar surface area (TPSA) is 17.1 Å². The molecular formula is C13H17BrO. The molecule has 1 atom stereocenters. The van der Waals surface area contributed by atoms with Crippen LogP contribution in [-0.2, 0) is 4.79 Å². The Bertz CT molecular complexity index is 344. The van der Waals surface area contributed by atoms with Gasteiger partial charge in [-0.05, 0) is 35.1 Å². The fraction of sp³-hybridized carbons (Fsp3) is 0.462. The molecule has 82 valence electrons. The molecule has 1 nitrogen and oxygen atoms in total. The van der Waals surface area contributed by atoms with Crippen molar-refractivity contribution in [3.63, 3.8) is 0 Å². The lowest BCUT2D eigenvalue weighted by molar-refractivity contribution is -0.108. The molecule has 0 aromatic heterocycles. The monoisotopic (exact) mass is 268 g/mol. The largest absolute Gasteiger partial charge is 0.303 e. The van der Waals surface area contributed by atoms with Gasteiger partial charge in [0.2, 0.25) is 0 Å². The Morgan fingerprint density at radius 1 is 1.27 bits per heavy atom. The van der Waals surface area contributed by atoms with Crippen LogP contribution in [0.5, 0.6) is 0 Å². The van der Waals surface area contributed by atoms with Gasteiger partial charge in [0, 0.05) is 10.9 Å². The molecule has 0 saturated heterocycles. The van der Waals surface area contributed by atoms with Gasteiger partial charge in [0.25, 0.3) is 0 Å². The first kappa shape index (κ1) is 12.4. The summed E-state index contributed by atoms with van der Waals surface area (Å²) in [6, 6.07) is 6.33. The lowest BCUT2D eigenvalue weighted by Crippen LogP contribution is -2.01. The molecule has 0 saturated carbocycles. The van der Waals surface area contributed by atoms with Crippen LogP contribution in [0.2, 0.25) is 0 Å². The van der Waals surface area contributed by atoms with E-state index in [4.69, 9.17) is 0 Å². The zero-order valence-electron chi connectivity index (χ0n) is 9.46. The third-order valence-corrected chi connectivity index (χ3v) is 3.14. The highest BCUT2D eigenvalue weighted by Crippen LogP contribution is 2.30. The van der Waals surface area contributed by atoms with Crippen molar-refractivity contribution in [2.24, 2.45) is 0 Å². The minimum Gasteiger partial charge on any atom is -0.303 e. The highest BCUT2D eigenvalue weighted by Gasteiger charge is 2.12. The summed E-state index contributed by atoms with van der Waals surface area (Å²) in [6.45, 7) is 6.46. The smallest absolute Gasteiger partial charge is 0.120 e. The van der Waals surface area contributed by atoms with Crippen molar-refractivity contribution in [1.29, 1.82) is 0 Å². The van der Waals surface area contributed by atoms with Gasteiger partial charge in [0.15, 0.2) is 0 Å². The Kier molecular flexibility index (Phi) is 4.52. The maximum atomic E-state index is 10.5. The number of carbonyl (C=O) groups excluding carboxylic acids is 1. The molecule has 0 spiro atoms. The van der Waals surface area contributed by atoms with E-state index in [1.807, 2.05) is 0 Å². The molecule has 0 bridgehead atoms. The van der Waals surface area contributed by atoms with E-state index in [9.17, 15) is 4.79 Å². The van der Waals surface area contributed by atoms with E-state index in [0.29, 0.717) is 18.3 Å². The summed E-state index contributed by atoms with van der Waals surface area (Å²) in [5.74, 6) is 0.805. The van der Waals surface area contributed by atoms with Crippen molar-refractivity contribution in [3.05, 3.63) is 33.8 Å². The predicted octanol–water partition coefficient (Wildman–Crippen LogP) is 4.27. The molecule has 0 radical (unpaired) electrons. The molecule has 0 aliphatic heterocycles. The van der Waals surface area contributed by atoms with Gasteiger partial charge in [-0.25, -0.2) is 0 Å². The average Bonchev–Trinajstić information content (AvgIpc) is 2.17. The van der Waals surface area contributed by atoms with Crippen molar-refractivity contribution >= 4 is 22.2 Å². The Morgan fingerprint density at radius 2 is 1.93 bits per heavy atom. The Labute approximate surface area is 100 Å². The molecule has 0 N–H and O–H groups in total. The zero-order chi connectivity index (χ0) is 11.4. The molecule has 0 aliphatic carbocycles. The van der Waals surface area contributed by atoms with E-state index in [2.05, 4.69) is 54.9 Å². The second-order valence-corrected chi connectivity index (χ2v) is 5.15. The minimum atomic E-state index is 0.303. The molecule has 0 heterocycles. The second-order valence-electron chi connectivity index (χ2n) is 4.23. The number of benzene rings is 1. The summed E-state index contributed by atoms with van der Waals surface area (Å²) in [7, 11) is 0. The van der Waals surface area contributed by atoms with Crippen LogP contribution in [0.3, 0.4) is 0 Å². The first-order valence-corrected chi connectivity index (χ1v) is 6.08. The van der Waals surface area contributed by atoms with Gasteiger partial charge in [-0.2, -0.15) is 0 Å². The van der Waals surface area contributed by atoms with E-state index in [0.717, 1.165) is 10.8 Å². The summed E-state index contributed by atoms with van der Waals surface area (Å²) < 4.78 is 1.08. The second kappa shape index (κ2) is 5.45. The van der Waals surface area contributed by atoms with Crippen LogP contribution in [0.15, 0.2) is 22.7 Å². The van der Waals surface area contributed by atoms with Gasteiger partial charge in [0.05, 0.1) is 0 Å². The van der Waals surface area contributed by atoms with Gasteiger partial charge < -0.3 is 4.79 Å². The Hall–Kier alpha value is -0.630. The highest BCUT2D eigenvalue weighted by molar-refractivity contribution is 9.10. The van der Waals surface area contributed by atoms with E-state index in [1.165, 1.54) is 11.1 Å². The normalized spacial score (nSPS) is 12.9. The fourth-order valence-corrected chi connectivity index (χ4v) is 2.15. The van der Waals surface area contributed by atoms with Crippen molar-refractivity contribution < 1.29 is 4.79 Å². The van der Waals surface area contributed by atoms with Crippen LogP contribution in [0, 0.1) is 0 Å². The third kappa shape index (κ3) is 3.16. The molecule has 1 aromatic carbocycles. The summed E-state index contributed by atoms with van der Waals surface area (Å²) >= 11 is 3.48. The molecule has 1 unspecified atom stereocenters. The first-order chi connectivity index (χ1) is 7.06. The van der Waals surface area contributed by atoms with Crippen molar-refractivity contribution in [2.75, 3.05) is 0 Å². The number of carbonyl (C=O) groups is 1. The molecule has 0 amide bonds. The Balaban J connectivity index is 3.11. The van der Waals surface area contributed by atoms with Crippen molar-refractivity contribution in [2.45, 2.75) is 39.0 Å². The zero-order valence-corrected chi connectivity index (χ0v) is 11.0. The Morgan fingerprint density at radius 3 is 2.47 bits per heavy atom. The van der Waals surface area contributed by atoms with E-state index in [1.54, 1.807) is 0 Å². The molecule has 1 aromatic rings. The van der Waals surface area contributed by atoms with E-state index >= 15 is 0 Å². The van der Waals surface area contributed by atoms with E-state index in [-0.39, 0.29) is 0 Å². The maximum Gasteiger partial charge on any atom is 0.120 e. The number of aldehydes is 1. The number of halogens is 1.